The largest absolute Gasteiger partial charge is 0.336 e. The van der Waals surface area contributed by atoms with Crippen LogP contribution in [0.2, 0.25) is 0 Å². The fourth-order valence-electron chi connectivity index (χ4n) is 2.48. The van der Waals surface area contributed by atoms with Crippen molar-refractivity contribution in [1.82, 2.24) is 9.80 Å². The highest BCUT2D eigenvalue weighted by Crippen LogP contribution is 2.22. The van der Waals surface area contributed by atoms with Crippen molar-refractivity contribution in [2.45, 2.75) is 26.3 Å². The molecular formula is C15H20BrFN2O. The third-order valence-electron chi connectivity index (χ3n) is 3.99. The van der Waals surface area contributed by atoms with Crippen molar-refractivity contribution in [3.05, 3.63) is 34.1 Å². The third kappa shape index (κ3) is 3.20. The van der Waals surface area contributed by atoms with Crippen LogP contribution in [0.1, 0.15) is 30.6 Å². The first-order chi connectivity index (χ1) is 9.54. The molecule has 5 heteroatoms. The van der Waals surface area contributed by atoms with Gasteiger partial charge in [0.05, 0.1) is 5.56 Å². The van der Waals surface area contributed by atoms with E-state index in [-0.39, 0.29) is 11.5 Å². The maximum atomic E-state index is 13.8. The average Bonchev–Trinajstić information content (AvgIpc) is 2.46. The van der Waals surface area contributed by atoms with E-state index in [1.807, 2.05) is 0 Å². The van der Waals surface area contributed by atoms with Gasteiger partial charge in [-0.2, -0.15) is 0 Å². The summed E-state index contributed by atoms with van der Waals surface area (Å²) in [5, 5.41) is 0. The molecule has 1 aromatic rings. The number of halogens is 2. The van der Waals surface area contributed by atoms with Crippen LogP contribution in [0.3, 0.4) is 0 Å². The van der Waals surface area contributed by atoms with Crippen molar-refractivity contribution in [3.63, 3.8) is 0 Å². The fraction of sp³-hybridized carbons (Fsp3) is 0.533. The zero-order valence-corrected chi connectivity index (χ0v) is 13.5. The van der Waals surface area contributed by atoms with Gasteiger partial charge in [-0.15, -0.1) is 0 Å². The van der Waals surface area contributed by atoms with Crippen molar-refractivity contribution in [2.75, 3.05) is 26.2 Å². The zero-order chi connectivity index (χ0) is 14.7. The second kappa shape index (κ2) is 6.68. The van der Waals surface area contributed by atoms with Crippen LogP contribution < -0.4 is 0 Å². The molecule has 1 amide bonds. The summed E-state index contributed by atoms with van der Waals surface area (Å²) in [4.78, 5) is 16.5. The van der Waals surface area contributed by atoms with Crippen molar-refractivity contribution >= 4 is 21.8 Å². The summed E-state index contributed by atoms with van der Waals surface area (Å²) in [7, 11) is 0. The molecule has 0 saturated carbocycles. The number of benzene rings is 1. The fourth-order valence-corrected chi connectivity index (χ4v) is 3.00. The molecule has 0 aromatic heterocycles. The molecule has 110 valence electrons. The molecule has 1 aliphatic heterocycles. The summed E-state index contributed by atoms with van der Waals surface area (Å²) < 4.78 is 14.3. The maximum absolute atomic E-state index is 13.8. The minimum absolute atomic E-state index is 0.143. The topological polar surface area (TPSA) is 23.6 Å². The van der Waals surface area contributed by atoms with E-state index in [2.05, 4.69) is 34.7 Å². The molecule has 0 aliphatic carbocycles. The minimum atomic E-state index is -0.464. The molecule has 1 fully saturated rings. The number of carbonyl (C=O) groups is 1. The second-order valence-corrected chi connectivity index (χ2v) is 6.04. The van der Waals surface area contributed by atoms with Gasteiger partial charge in [0.1, 0.15) is 5.82 Å². The van der Waals surface area contributed by atoms with Crippen molar-refractivity contribution < 1.29 is 9.18 Å². The van der Waals surface area contributed by atoms with Crippen LogP contribution >= 0.6 is 15.9 Å². The monoisotopic (exact) mass is 342 g/mol. The van der Waals surface area contributed by atoms with Gasteiger partial charge in [0.15, 0.2) is 0 Å². The van der Waals surface area contributed by atoms with Gasteiger partial charge in [-0.25, -0.2) is 4.39 Å². The lowest BCUT2D eigenvalue weighted by atomic mass is 10.1. The minimum Gasteiger partial charge on any atom is -0.336 e. The first kappa shape index (κ1) is 15.4. The molecular weight excluding hydrogens is 323 g/mol. The summed E-state index contributed by atoms with van der Waals surface area (Å²) in [6, 6.07) is 5.16. The van der Waals surface area contributed by atoms with Crippen LogP contribution in [-0.2, 0) is 0 Å². The Kier molecular flexibility index (Phi) is 5.16. The van der Waals surface area contributed by atoms with Crippen molar-refractivity contribution in [1.29, 1.82) is 0 Å². The van der Waals surface area contributed by atoms with Gasteiger partial charge in [-0.3, -0.25) is 9.69 Å². The molecule has 2 rings (SSSR count). The highest BCUT2D eigenvalue weighted by Gasteiger charge is 2.26. The average molecular weight is 343 g/mol. The number of hydrogen-bond donors (Lipinski definition) is 0. The number of piperazine rings is 1. The van der Waals surface area contributed by atoms with E-state index in [0.717, 1.165) is 19.5 Å². The Morgan fingerprint density at radius 2 is 2.00 bits per heavy atom. The molecule has 0 radical (unpaired) electrons. The number of carbonyl (C=O) groups excluding carboxylic acids is 1. The van der Waals surface area contributed by atoms with Crippen molar-refractivity contribution in [3.8, 4) is 0 Å². The van der Waals surface area contributed by atoms with E-state index in [1.54, 1.807) is 17.0 Å². The highest BCUT2D eigenvalue weighted by atomic mass is 79.9. The van der Waals surface area contributed by atoms with Crippen LogP contribution in [-0.4, -0.2) is 47.9 Å². The Balaban J connectivity index is 2.05. The predicted octanol–water partition coefficient (Wildman–Crippen LogP) is 3.14. The van der Waals surface area contributed by atoms with Crippen LogP contribution in [0.15, 0.2) is 22.7 Å². The lowest BCUT2D eigenvalue weighted by molar-refractivity contribution is 0.0574. The van der Waals surface area contributed by atoms with Crippen LogP contribution in [0, 0.1) is 5.82 Å². The smallest absolute Gasteiger partial charge is 0.258 e. The van der Waals surface area contributed by atoms with Crippen LogP contribution in [0.5, 0.6) is 0 Å². The second-order valence-electron chi connectivity index (χ2n) is 5.18. The molecule has 0 spiro atoms. The number of rotatable bonds is 3. The summed E-state index contributed by atoms with van der Waals surface area (Å²) >= 11 is 3.26. The first-order valence-corrected chi connectivity index (χ1v) is 7.81. The maximum Gasteiger partial charge on any atom is 0.258 e. The van der Waals surface area contributed by atoms with E-state index in [0.29, 0.717) is 23.6 Å². The third-order valence-corrected chi connectivity index (χ3v) is 4.65. The highest BCUT2D eigenvalue weighted by molar-refractivity contribution is 9.10. The van der Waals surface area contributed by atoms with E-state index < -0.39 is 5.82 Å². The van der Waals surface area contributed by atoms with Gasteiger partial charge in [-0.05, 0) is 41.4 Å². The van der Waals surface area contributed by atoms with E-state index in [1.165, 1.54) is 6.07 Å². The van der Waals surface area contributed by atoms with Gasteiger partial charge >= 0.3 is 0 Å². The van der Waals surface area contributed by atoms with Crippen LogP contribution in [0.4, 0.5) is 4.39 Å². The molecule has 1 saturated heterocycles. The van der Waals surface area contributed by atoms with Gasteiger partial charge in [0.2, 0.25) is 0 Å². The standard InChI is InChI=1S/C15H20BrFN2O/c1-3-11(2)18-7-9-19(10-8-18)15(20)14-12(16)5-4-6-13(14)17/h4-6,11H,3,7-10H2,1-2H3. The summed E-state index contributed by atoms with van der Waals surface area (Å²) in [5.74, 6) is -0.687. The number of hydrogen-bond acceptors (Lipinski definition) is 2. The first-order valence-electron chi connectivity index (χ1n) is 7.02. The molecule has 0 N–H and O–H groups in total. The molecule has 1 atom stereocenters. The number of amides is 1. The Morgan fingerprint density at radius 3 is 2.55 bits per heavy atom. The molecule has 20 heavy (non-hydrogen) atoms. The van der Waals surface area contributed by atoms with E-state index in [4.69, 9.17) is 0 Å². The lowest BCUT2D eigenvalue weighted by Gasteiger charge is -2.38. The van der Waals surface area contributed by atoms with Crippen molar-refractivity contribution in [2.24, 2.45) is 0 Å². The Morgan fingerprint density at radius 1 is 1.35 bits per heavy atom. The van der Waals surface area contributed by atoms with Gasteiger partial charge in [0, 0.05) is 36.7 Å². The molecule has 0 bridgehead atoms. The summed E-state index contributed by atoms with van der Waals surface area (Å²) in [6.45, 7) is 7.39. The van der Waals surface area contributed by atoms with Gasteiger partial charge in [-0.1, -0.05) is 13.0 Å². The van der Waals surface area contributed by atoms with Crippen LogP contribution in [0.25, 0.3) is 0 Å². The quantitative estimate of drug-likeness (QED) is 0.842. The Bertz CT molecular complexity index is 467. The molecule has 1 aromatic carbocycles. The summed E-state index contributed by atoms with van der Waals surface area (Å²) in [5.41, 5.74) is 0.143. The molecule has 1 unspecified atom stereocenters. The molecule has 1 aliphatic rings. The predicted molar refractivity (Wildman–Crippen MR) is 81.3 cm³/mol. The lowest BCUT2D eigenvalue weighted by Crippen LogP contribution is -2.51. The molecule has 1 heterocycles. The zero-order valence-electron chi connectivity index (χ0n) is 11.9. The van der Waals surface area contributed by atoms with E-state index in [9.17, 15) is 9.18 Å². The Labute approximate surface area is 127 Å². The SMILES string of the molecule is CCC(C)N1CCN(C(=O)c2c(F)cccc2Br)CC1. The number of nitrogens with zero attached hydrogens (tertiary/aromatic N) is 2. The summed E-state index contributed by atoms with van der Waals surface area (Å²) in [6.07, 6.45) is 1.10. The normalized spacial score (nSPS) is 18.1. The van der Waals surface area contributed by atoms with Gasteiger partial charge in [0.25, 0.3) is 5.91 Å². The molecule has 3 nitrogen and oxygen atoms in total. The van der Waals surface area contributed by atoms with Gasteiger partial charge < -0.3 is 4.90 Å². The Hall–Kier alpha value is -0.940. The van der Waals surface area contributed by atoms with E-state index >= 15 is 0 Å².